The summed E-state index contributed by atoms with van der Waals surface area (Å²) >= 11 is 8.88. The molecule has 6 heteroatoms. The lowest BCUT2D eigenvalue weighted by Crippen LogP contribution is -2.19. The Morgan fingerprint density at radius 3 is 2.47 bits per heavy atom. The van der Waals surface area contributed by atoms with Crippen LogP contribution in [0.2, 0.25) is 5.15 Å². The maximum absolute atomic E-state index is 6.92. The van der Waals surface area contributed by atoms with Crippen LogP contribution >= 0.6 is 23.4 Å². The lowest BCUT2D eigenvalue weighted by molar-refractivity contribution is 0.727. The second-order valence-corrected chi connectivity index (χ2v) is 11.6. The Morgan fingerprint density at radius 1 is 0.816 bits per heavy atom. The fourth-order valence-electron chi connectivity index (χ4n) is 6.67. The number of hydrogen-bond donors (Lipinski definition) is 0. The molecule has 0 saturated heterocycles. The van der Waals surface area contributed by atoms with Crippen LogP contribution < -0.4 is 0 Å². The molecule has 2 unspecified atom stereocenters. The Balaban J connectivity index is 1.41. The summed E-state index contributed by atoms with van der Waals surface area (Å²) in [5.74, 6) is 0.920. The molecule has 3 aliphatic rings. The van der Waals surface area contributed by atoms with Gasteiger partial charge in [-0.3, -0.25) is 9.56 Å². The van der Waals surface area contributed by atoms with Gasteiger partial charge >= 0.3 is 0 Å². The van der Waals surface area contributed by atoms with E-state index >= 15 is 0 Å². The molecule has 0 fully saturated rings. The average molecular weight is 527 g/mol. The number of nitrogens with zero attached hydrogens (tertiary/aromatic N) is 4. The quantitative estimate of drug-likeness (QED) is 0.217. The minimum Gasteiger partial charge on any atom is -0.294 e. The number of allylic oxidation sites excluding steroid dienone is 1. The standard InChI is InChI=1S/C32H19ClN4S/c33-31-32(36-23-11-5-4-10-22(23)35-31)37-24-12-6-3-9-19(24)26-20-15-34-16-21(20)28-27-18-8-2-1-7-17(18)13-14-25(27)38-30(28)29(26)37/h1-15,28,30H,16H2. The first-order chi connectivity index (χ1) is 18.8. The molecule has 180 valence electrons. The number of benzene rings is 4. The van der Waals surface area contributed by atoms with Crippen LogP contribution in [0, 0.1) is 0 Å². The van der Waals surface area contributed by atoms with Gasteiger partial charge in [-0.25, -0.2) is 9.97 Å². The molecule has 4 heterocycles. The highest BCUT2D eigenvalue weighted by molar-refractivity contribution is 8.00. The van der Waals surface area contributed by atoms with Gasteiger partial charge in [-0.15, -0.1) is 11.8 Å². The van der Waals surface area contributed by atoms with Crippen LogP contribution in [-0.4, -0.2) is 27.3 Å². The summed E-state index contributed by atoms with van der Waals surface area (Å²) in [4.78, 5) is 16.0. The first-order valence-corrected chi connectivity index (χ1v) is 14.0. The predicted octanol–water partition coefficient (Wildman–Crippen LogP) is 8.16. The van der Waals surface area contributed by atoms with Gasteiger partial charge in [0, 0.05) is 39.2 Å². The van der Waals surface area contributed by atoms with E-state index in [2.05, 4.69) is 71.4 Å². The number of aliphatic imine (C=N–C) groups is 1. The van der Waals surface area contributed by atoms with Crippen LogP contribution in [0.25, 0.3) is 44.1 Å². The average Bonchev–Trinajstić information content (AvgIpc) is 3.66. The van der Waals surface area contributed by atoms with Crippen molar-refractivity contribution in [3.05, 3.63) is 112 Å². The van der Waals surface area contributed by atoms with Gasteiger partial charge in [-0.2, -0.15) is 0 Å². The van der Waals surface area contributed by atoms with E-state index in [-0.39, 0.29) is 11.2 Å². The van der Waals surface area contributed by atoms with Crippen molar-refractivity contribution in [2.45, 2.75) is 16.1 Å². The highest BCUT2D eigenvalue weighted by Gasteiger charge is 2.47. The largest absolute Gasteiger partial charge is 0.294 e. The zero-order valence-corrected chi connectivity index (χ0v) is 21.7. The molecule has 0 radical (unpaired) electrons. The Labute approximate surface area is 227 Å². The fraction of sp³-hybridized carbons (Fsp3) is 0.0938. The van der Waals surface area contributed by atoms with Gasteiger partial charge in [-0.1, -0.05) is 72.3 Å². The lowest BCUT2D eigenvalue weighted by atomic mass is 9.77. The number of para-hydroxylation sites is 3. The van der Waals surface area contributed by atoms with E-state index in [9.17, 15) is 0 Å². The van der Waals surface area contributed by atoms with E-state index in [4.69, 9.17) is 26.6 Å². The first-order valence-electron chi connectivity index (χ1n) is 12.8. The number of fused-ring (bicyclic) bond motifs is 12. The van der Waals surface area contributed by atoms with E-state index < -0.39 is 0 Å². The van der Waals surface area contributed by atoms with E-state index in [1.807, 2.05) is 36.0 Å². The van der Waals surface area contributed by atoms with Gasteiger partial charge in [0.1, 0.15) is 0 Å². The highest BCUT2D eigenvalue weighted by Crippen LogP contribution is 2.64. The van der Waals surface area contributed by atoms with Crippen LogP contribution in [0.4, 0.5) is 0 Å². The molecule has 2 atom stereocenters. The maximum Gasteiger partial charge on any atom is 0.176 e. The molecule has 38 heavy (non-hydrogen) atoms. The summed E-state index contributed by atoms with van der Waals surface area (Å²) < 4.78 is 2.28. The third-order valence-electron chi connectivity index (χ3n) is 8.17. The topological polar surface area (TPSA) is 43.1 Å². The summed E-state index contributed by atoms with van der Waals surface area (Å²) in [5, 5.41) is 4.41. The molecule has 4 aromatic carbocycles. The zero-order valence-electron chi connectivity index (χ0n) is 20.1. The number of rotatable bonds is 1. The monoisotopic (exact) mass is 526 g/mol. The van der Waals surface area contributed by atoms with Crippen molar-refractivity contribution >= 4 is 67.9 Å². The fourth-order valence-corrected chi connectivity index (χ4v) is 8.45. The number of aromatic nitrogens is 3. The normalized spacial score (nSPS) is 19.3. The molecule has 6 aromatic rings. The third kappa shape index (κ3) is 2.65. The Morgan fingerprint density at radius 2 is 1.58 bits per heavy atom. The molecule has 0 N–H and O–H groups in total. The van der Waals surface area contributed by atoms with Crippen molar-refractivity contribution < 1.29 is 0 Å². The van der Waals surface area contributed by atoms with E-state index in [1.165, 1.54) is 49.0 Å². The molecule has 2 aliphatic heterocycles. The second kappa shape index (κ2) is 7.56. The first kappa shape index (κ1) is 21.1. The van der Waals surface area contributed by atoms with Gasteiger partial charge in [0.2, 0.25) is 0 Å². The Kier molecular flexibility index (Phi) is 4.19. The van der Waals surface area contributed by atoms with Crippen molar-refractivity contribution in [2.24, 2.45) is 4.99 Å². The minimum absolute atomic E-state index is 0.183. The SMILES string of the molecule is Clc1nc2ccccc2nc1-n1c2c(c3ccccc31)C1=C(CN=C1)C1c3c(ccc4ccccc34)SC21. The highest BCUT2D eigenvalue weighted by atomic mass is 35.5. The Hall–Kier alpha value is -3.93. The van der Waals surface area contributed by atoms with E-state index in [0.717, 1.165) is 23.1 Å². The van der Waals surface area contributed by atoms with E-state index in [1.54, 1.807) is 0 Å². The van der Waals surface area contributed by atoms with E-state index in [0.29, 0.717) is 11.0 Å². The van der Waals surface area contributed by atoms with Crippen molar-refractivity contribution in [1.29, 1.82) is 0 Å². The molecule has 0 bridgehead atoms. The van der Waals surface area contributed by atoms with Crippen molar-refractivity contribution in [1.82, 2.24) is 14.5 Å². The summed E-state index contributed by atoms with van der Waals surface area (Å²) in [5.41, 5.74) is 9.32. The summed E-state index contributed by atoms with van der Waals surface area (Å²) in [7, 11) is 0. The van der Waals surface area contributed by atoms with Crippen LogP contribution in [0.5, 0.6) is 0 Å². The van der Waals surface area contributed by atoms with Crippen LogP contribution in [0.15, 0.2) is 100 Å². The van der Waals surface area contributed by atoms with Crippen LogP contribution in [0.1, 0.15) is 28.0 Å². The molecule has 2 aromatic heterocycles. The molecule has 4 nitrogen and oxygen atoms in total. The second-order valence-electron chi connectivity index (χ2n) is 10.1. The van der Waals surface area contributed by atoms with Gasteiger partial charge in [-0.05, 0) is 46.2 Å². The molecule has 9 rings (SSSR count). The van der Waals surface area contributed by atoms with Gasteiger partial charge in [0.05, 0.1) is 28.3 Å². The zero-order chi connectivity index (χ0) is 25.0. The van der Waals surface area contributed by atoms with Crippen molar-refractivity contribution in [3.8, 4) is 5.82 Å². The molecule has 0 spiro atoms. The van der Waals surface area contributed by atoms with Crippen molar-refractivity contribution in [3.63, 3.8) is 0 Å². The molecule has 0 amide bonds. The van der Waals surface area contributed by atoms with Gasteiger partial charge in [0.15, 0.2) is 11.0 Å². The molecular formula is C32H19ClN4S. The van der Waals surface area contributed by atoms with Gasteiger partial charge in [0.25, 0.3) is 0 Å². The predicted molar refractivity (Wildman–Crippen MR) is 157 cm³/mol. The lowest BCUT2D eigenvalue weighted by Gasteiger charge is -2.30. The number of hydrogen-bond acceptors (Lipinski definition) is 4. The third-order valence-corrected chi connectivity index (χ3v) is 9.79. The number of halogens is 1. The maximum atomic E-state index is 6.92. The van der Waals surface area contributed by atoms with Crippen molar-refractivity contribution in [2.75, 3.05) is 6.54 Å². The van der Waals surface area contributed by atoms with Crippen LogP contribution in [-0.2, 0) is 0 Å². The van der Waals surface area contributed by atoms with Gasteiger partial charge < -0.3 is 0 Å². The molecule has 1 aliphatic carbocycles. The summed E-state index contributed by atoms with van der Waals surface area (Å²) in [6.45, 7) is 0.745. The van der Waals surface area contributed by atoms with Crippen LogP contribution in [0.3, 0.4) is 0 Å². The molecular weight excluding hydrogens is 508 g/mol. The summed E-state index contributed by atoms with van der Waals surface area (Å²) in [6.07, 6.45) is 2.09. The Bertz CT molecular complexity index is 2070. The number of thioether (sulfide) groups is 1. The minimum atomic E-state index is 0.183. The summed E-state index contributed by atoms with van der Waals surface area (Å²) in [6, 6.07) is 29.8. The molecule has 0 saturated carbocycles. The smallest absolute Gasteiger partial charge is 0.176 e.